The summed E-state index contributed by atoms with van der Waals surface area (Å²) in [6, 6.07) is 11.1. The molecule has 3 aromatic heterocycles. The van der Waals surface area contributed by atoms with Gasteiger partial charge >= 0.3 is 0 Å². The van der Waals surface area contributed by atoms with Crippen LogP contribution in [0.5, 0.6) is 0 Å². The SMILES string of the molecule is CC(C)n1cnc2cc(N3CCN(C(=O)c4cc(-c5cccnc5)on4)CC3)ccc2c1=O. The number of nitrogens with zero attached hydrogens (tertiary/aromatic N) is 6. The number of rotatable bonds is 4. The van der Waals surface area contributed by atoms with E-state index >= 15 is 0 Å². The van der Waals surface area contributed by atoms with Gasteiger partial charge in [0.25, 0.3) is 11.5 Å². The molecular formula is C24H24N6O3. The minimum atomic E-state index is -0.150. The quantitative estimate of drug-likeness (QED) is 0.477. The van der Waals surface area contributed by atoms with E-state index in [9.17, 15) is 9.59 Å². The Morgan fingerprint density at radius 3 is 2.64 bits per heavy atom. The maximum absolute atomic E-state index is 12.9. The van der Waals surface area contributed by atoms with Gasteiger partial charge < -0.3 is 14.3 Å². The number of hydrogen-bond acceptors (Lipinski definition) is 7. The molecule has 0 aliphatic carbocycles. The molecule has 168 valence electrons. The molecule has 9 nitrogen and oxygen atoms in total. The molecule has 1 saturated heterocycles. The van der Waals surface area contributed by atoms with Crippen LogP contribution in [0.2, 0.25) is 0 Å². The van der Waals surface area contributed by atoms with E-state index in [0.29, 0.717) is 48.5 Å². The van der Waals surface area contributed by atoms with E-state index in [0.717, 1.165) is 11.3 Å². The zero-order valence-corrected chi connectivity index (χ0v) is 18.5. The Bertz CT molecular complexity index is 1350. The van der Waals surface area contributed by atoms with Gasteiger partial charge in [-0.15, -0.1) is 0 Å². The highest BCUT2D eigenvalue weighted by Gasteiger charge is 2.25. The minimum Gasteiger partial charge on any atom is -0.368 e. The first kappa shape index (κ1) is 20.9. The molecule has 33 heavy (non-hydrogen) atoms. The highest BCUT2D eigenvalue weighted by molar-refractivity contribution is 5.93. The molecule has 1 amide bonds. The van der Waals surface area contributed by atoms with Crippen molar-refractivity contribution in [1.82, 2.24) is 24.6 Å². The lowest BCUT2D eigenvalue weighted by Crippen LogP contribution is -2.48. The molecule has 0 N–H and O–H groups in total. The Balaban J connectivity index is 1.28. The molecule has 0 radical (unpaired) electrons. The summed E-state index contributed by atoms with van der Waals surface area (Å²) < 4.78 is 6.98. The molecule has 5 rings (SSSR count). The van der Waals surface area contributed by atoms with Crippen LogP contribution in [-0.4, -0.2) is 56.7 Å². The average molecular weight is 444 g/mol. The van der Waals surface area contributed by atoms with Crippen molar-refractivity contribution in [1.29, 1.82) is 0 Å². The van der Waals surface area contributed by atoms with Crippen molar-refractivity contribution in [2.24, 2.45) is 0 Å². The Labute approximate surface area is 190 Å². The van der Waals surface area contributed by atoms with Crippen molar-refractivity contribution in [2.45, 2.75) is 19.9 Å². The summed E-state index contributed by atoms with van der Waals surface area (Å²) in [5.41, 5.74) is 2.70. The average Bonchev–Trinajstić information content (AvgIpc) is 3.34. The van der Waals surface area contributed by atoms with Crippen LogP contribution >= 0.6 is 0 Å². The monoisotopic (exact) mass is 444 g/mol. The molecule has 4 aromatic rings. The second kappa shape index (κ2) is 8.50. The fourth-order valence-electron chi connectivity index (χ4n) is 4.04. The smallest absolute Gasteiger partial charge is 0.276 e. The number of pyridine rings is 1. The molecule has 1 aliphatic rings. The van der Waals surface area contributed by atoms with Crippen molar-refractivity contribution >= 4 is 22.5 Å². The van der Waals surface area contributed by atoms with Crippen molar-refractivity contribution in [3.63, 3.8) is 0 Å². The predicted octanol–water partition coefficient (Wildman–Crippen LogP) is 2.99. The lowest BCUT2D eigenvalue weighted by Gasteiger charge is -2.35. The Hall–Kier alpha value is -4.01. The molecule has 0 saturated carbocycles. The van der Waals surface area contributed by atoms with E-state index in [-0.39, 0.29) is 17.5 Å². The van der Waals surface area contributed by atoms with Crippen LogP contribution in [0.25, 0.3) is 22.2 Å². The number of amides is 1. The molecule has 0 atom stereocenters. The van der Waals surface area contributed by atoms with Crippen molar-refractivity contribution in [3.8, 4) is 11.3 Å². The summed E-state index contributed by atoms with van der Waals surface area (Å²) in [6.07, 6.45) is 4.95. The first-order chi connectivity index (χ1) is 16.0. The van der Waals surface area contributed by atoms with E-state index in [1.807, 2.05) is 38.1 Å². The van der Waals surface area contributed by atoms with Crippen LogP contribution < -0.4 is 10.5 Å². The Morgan fingerprint density at radius 2 is 1.91 bits per heavy atom. The highest BCUT2D eigenvalue weighted by Crippen LogP contribution is 2.23. The third-order valence-electron chi connectivity index (χ3n) is 5.93. The summed E-state index contributed by atoms with van der Waals surface area (Å²) in [4.78, 5) is 38.1. The molecule has 0 spiro atoms. The fraction of sp³-hybridized carbons (Fsp3) is 0.292. The van der Waals surface area contributed by atoms with Crippen molar-refractivity contribution in [2.75, 3.05) is 31.1 Å². The van der Waals surface area contributed by atoms with Gasteiger partial charge in [0.15, 0.2) is 11.5 Å². The topological polar surface area (TPSA) is 97.4 Å². The third-order valence-corrected chi connectivity index (χ3v) is 5.93. The Kier molecular flexibility index (Phi) is 5.37. The first-order valence-electron chi connectivity index (χ1n) is 10.9. The highest BCUT2D eigenvalue weighted by atomic mass is 16.5. The second-order valence-corrected chi connectivity index (χ2v) is 8.35. The van der Waals surface area contributed by atoms with Crippen molar-refractivity contribution in [3.05, 3.63) is 71.2 Å². The number of benzene rings is 1. The standard InChI is InChI=1S/C24H24N6O3/c1-16(2)30-15-26-20-12-18(5-6-19(20)23(30)31)28-8-10-29(11-9-28)24(32)21-13-22(33-27-21)17-4-3-7-25-14-17/h3-7,12-16H,8-11H2,1-2H3. The van der Waals surface area contributed by atoms with Gasteiger partial charge in [0, 0.05) is 61.9 Å². The molecule has 4 heterocycles. The summed E-state index contributed by atoms with van der Waals surface area (Å²) in [5, 5.41) is 4.57. The van der Waals surface area contributed by atoms with Gasteiger partial charge in [-0.05, 0) is 44.2 Å². The maximum atomic E-state index is 12.9. The molecule has 0 unspecified atom stereocenters. The van der Waals surface area contributed by atoms with Crippen LogP contribution in [0.1, 0.15) is 30.4 Å². The van der Waals surface area contributed by atoms with E-state index in [2.05, 4.69) is 20.0 Å². The largest absolute Gasteiger partial charge is 0.368 e. The third kappa shape index (κ3) is 3.97. The van der Waals surface area contributed by atoms with E-state index in [4.69, 9.17) is 4.52 Å². The van der Waals surface area contributed by atoms with Gasteiger partial charge in [0.1, 0.15) is 0 Å². The van der Waals surface area contributed by atoms with Crippen LogP contribution in [-0.2, 0) is 0 Å². The number of aromatic nitrogens is 4. The minimum absolute atomic E-state index is 0.0322. The molecule has 1 aromatic carbocycles. The van der Waals surface area contributed by atoms with E-state index < -0.39 is 0 Å². The molecule has 9 heteroatoms. The lowest BCUT2D eigenvalue weighted by molar-refractivity contribution is 0.0736. The predicted molar refractivity (Wildman–Crippen MR) is 124 cm³/mol. The second-order valence-electron chi connectivity index (χ2n) is 8.35. The van der Waals surface area contributed by atoms with Gasteiger partial charge in [0.2, 0.25) is 0 Å². The summed E-state index contributed by atoms with van der Waals surface area (Å²) in [7, 11) is 0. The fourth-order valence-corrected chi connectivity index (χ4v) is 4.04. The van der Waals surface area contributed by atoms with E-state index in [1.54, 1.807) is 40.3 Å². The van der Waals surface area contributed by atoms with Crippen LogP contribution in [0, 0.1) is 0 Å². The number of carbonyl (C=O) groups is 1. The molecule has 1 fully saturated rings. The number of anilines is 1. The molecule has 0 bridgehead atoms. The molecule has 1 aliphatic heterocycles. The van der Waals surface area contributed by atoms with E-state index in [1.165, 1.54) is 0 Å². The van der Waals surface area contributed by atoms with Gasteiger partial charge in [0.05, 0.1) is 17.2 Å². The zero-order chi connectivity index (χ0) is 22.9. The number of fused-ring (bicyclic) bond motifs is 1. The first-order valence-corrected chi connectivity index (χ1v) is 10.9. The van der Waals surface area contributed by atoms with Gasteiger partial charge in [-0.1, -0.05) is 5.16 Å². The molecular weight excluding hydrogens is 420 g/mol. The Morgan fingerprint density at radius 1 is 1.09 bits per heavy atom. The van der Waals surface area contributed by atoms with Crippen molar-refractivity contribution < 1.29 is 9.32 Å². The number of hydrogen-bond donors (Lipinski definition) is 0. The normalized spacial score (nSPS) is 14.3. The lowest BCUT2D eigenvalue weighted by atomic mass is 10.1. The van der Waals surface area contributed by atoms with Crippen LogP contribution in [0.4, 0.5) is 5.69 Å². The van der Waals surface area contributed by atoms with Gasteiger partial charge in [-0.25, -0.2) is 4.98 Å². The van der Waals surface area contributed by atoms with Gasteiger partial charge in [-0.3, -0.25) is 19.1 Å². The number of piperazine rings is 1. The zero-order valence-electron chi connectivity index (χ0n) is 18.5. The summed E-state index contributed by atoms with van der Waals surface area (Å²) >= 11 is 0. The maximum Gasteiger partial charge on any atom is 0.276 e. The summed E-state index contributed by atoms with van der Waals surface area (Å²) in [6.45, 7) is 6.40. The van der Waals surface area contributed by atoms with Crippen LogP contribution in [0.3, 0.4) is 0 Å². The summed E-state index contributed by atoms with van der Waals surface area (Å²) in [5.74, 6) is 0.369. The number of carbonyl (C=O) groups excluding carboxylic acids is 1. The van der Waals surface area contributed by atoms with Gasteiger partial charge in [-0.2, -0.15) is 0 Å². The van der Waals surface area contributed by atoms with Crippen LogP contribution in [0.15, 0.2) is 64.4 Å².